The number of carbonyl (C=O) groups excluding carboxylic acids is 1. The van der Waals surface area contributed by atoms with Crippen LogP contribution in [0.5, 0.6) is 0 Å². The third-order valence-electron chi connectivity index (χ3n) is 3.02. The van der Waals surface area contributed by atoms with E-state index in [1.807, 2.05) is 6.92 Å². The van der Waals surface area contributed by atoms with E-state index in [1.165, 1.54) is 12.1 Å². The Morgan fingerprint density at radius 1 is 1.35 bits per heavy atom. The van der Waals surface area contributed by atoms with E-state index in [0.29, 0.717) is 10.0 Å². The molecule has 0 aliphatic rings. The topological polar surface area (TPSA) is 34.9 Å². The Balaban J connectivity index is 2.30. The van der Waals surface area contributed by atoms with Gasteiger partial charge in [0, 0.05) is 17.1 Å². The number of hydrogen-bond acceptors (Lipinski definition) is 2. The summed E-state index contributed by atoms with van der Waals surface area (Å²) in [5, 5.41) is 4.34. The molecule has 3 nitrogen and oxygen atoms in total. The third-order valence-corrected chi connectivity index (χ3v) is 4.39. The molecule has 0 radical (unpaired) electrons. The molecule has 20 heavy (non-hydrogen) atoms. The molecular weight excluding hydrogens is 391 g/mol. The van der Waals surface area contributed by atoms with Crippen molar-refractivity contribution in [1.82, 2.24) is 9.78 Å². The Hall–Kier alpha value is -1.01. The molecule has 1 aromatic carbocycles. The van der Waals surface area contributed by atoms with E-state index in [0.717, 1.165) is 22.3 Å². The molecule has 0 atom stereocenters. The lowest BCUT2D eigenvalue weighted by molar-refractivity contribution is 0.0990. The third kappa shape index (κ3) is 3.17. The lowest BCUT2D eigenvalue weighted by Crippen LogP contribution is -2.08. The molecule has 6 heteroatoms. The molecule has 0 aliphatic heterocycles. The Labute approximate surface area is 133 Å². The van der Waals surface area contributed by atoms with Crippen LogP contribution >= 0.6 is 31.9 Å². The molecule has 0 N–H and O–H groups in total. The van der Waals surface area contributed by atoms with E-state index in [4.69, 9.17) is 0 Å². The number of hydrogen-bond donors (Lipinski definition) is 0. The molecule has 1 aromatic heterocycles. The first-order valence-corrected chi connectivity index (χ1v) is 7.70. The summed E-state index contributed by atoms with van der Waals surface area (Å²) in [6, 6.07) is 4.19. The zero-order valence-electron chi connectivity index (χ0n) is 11.1. The highest BCUT2D eigenvalue weighted by molar-refractivity contribution is 9.10. The van der Waals surface area contributed by atoms with Crippen molar-refractivity contribution in [3.05, 3.63) is 49.9 Å². The highest BCUT2D eigenvalue weighted by Gasteiger charge is 2.17. The van der Waals surface area contributed by atoms with Crippen LogP contribution in [0.3, 0.4) is 0 Å². The van der Waals surface area contributed by atoms with Crippen LogP contribution in [-0.4, -0.2) is 15.6 Å². The first-order valence-electron chi connectivity index (χ1n) is 6.12. The van der Waals surface area contributed by atoms with E-state index >= 15 is 0 Å². The summed E-state index contributed by atoms with van der Waals surface area (Å²) in [6.07, 6.45) is 0.966. The van der Waals surface area contributed by atoms with Crippen molar-refractivity contribution in [3.8, 4) is 0 Å². The molecule has 0 bridgehead atoms. The van der Waals surface area contributed by atoms with Gasteiger partial charge in [0.2, 0.25) is 0 Å². The fourth-order valence-corrected chi connectivity index (χ4v) is 3.20. The normalized spacial score (nSPS) is 10.8. The van der Waals surface area contributed by atoms with Crippen molar-refractivity contribution >= 4 is 37.6 Å². The second-order valence-electron chi connectivity index (χ2n) is 4.44. The van der Waals surface area contributed by atoms with Crippen LogP contribution in [0.1, 0.15) is 28.7 Å². The molecule has 0 spiro atoms. The van der Waals surface area contributed by atoms with Crippen molar-refractivity contribution in [2.75, 3.05) is 0 Å². The molecule has 0 aliphatic carbocycles. The second-order valence-corrected chi connectivity index (χ2v) is 6.15. The quantitative estimate of drug-likeness (QED) is 0.721. The van der Waals surface area contributed by atoms with E-state index in [9.17, 15) is 9.18 Å². The summed E-state index contributed by atoms with van der Waals surface area (Å²) >= 11 is 6.67. The van der Waals surface area contributed by atoms with E-state index in [2.05, 4.69) is 37.0 Å². The summed E-state index contributed by atoms with van der Waals surface area (Å²) in [7, 11) is 1.80. The van der Waals surface area contributed by atoms with Crippen molar-refractivity contribution in [2.24, 2.45) is 7.05 Å². The van der Waals surface area contributed by atoms with Crippen molar-refractivity contribution < 1.29 is 9.18 Å². The monoisotopic (exact) mass is 402 g/mol. The van der Waals surface area contributed by atoms with Gasteiger partial charge >= 0.3 is 0 Å². The number of aryl methyl sites for hydroxylation is 2. The fraction of sp³-hybridized carbons (Fsp3) is 0.286. The summed E-state index contributed by atoms with van der Waals surface area (Å²) in [6.45, 7) is 2.00. The predicted molar refractivity (Wildman–Crippen MR) is 82.4 cm³/mol. The van der Waals surface area contributed by atoms with Crippen LogP contribution in [0.2, 0.25) is 0 Å². The van der Waals surface area contributed by atoms with E-state index < -0.39 is 5.82 Å². The van der Waals surface area contributed by atoms with Gasteiger partial charge in [0.1, 0.15) is 5.82 Å². The first-order chi connectivity index (χ1) is 9.42. The zero-order valence-corrected chi connectivity index (χ0v) is 14.3. The van der Waals surface area contributed by atoms with Gasteiger partial charge in [-0.1, -0.05) is 22.9 Å². The highest BCUT2D eigenvalue weighted by atomic mass is 79.9. The molecular formula is C14H13Br2FN2O. The second kappa shape index (κ2) is 6.18. The summed E-state index contributed by atoms with van der Waals surface area (Å²) in [5.41, 5.74) is 2.06. The minimum atomic E-state index is -0.430. The highest BCUT2D eigenvalue weighted by Crippen LogP contribution is 2.24. The molecule has 0 saturated carbocycles. The van der Waals surface area contributed by atoms with Crippen molar-refractivity contribution in [3.63, 3.8) is 0 Å². The molecule has 1 heterocycles. The van der Waals surface area contributed by atoms with Gasteiger partial charge in [0.05, 0.1) is 22.3 Å². The Bertz CT molecular complexity index is 647. The van der Waals surface area contributed by atoms with Crippen LogP contribution in [0.25, 0.3) is 0 Å². The van der Waals surface area contributed by atoms with Crippen LogP contribution in [0, 0.1) is 5.82 Å². The van der Waals surface area contributed by atoms with Gasteiger partial charge in [-0.2, -0.15) is 5.10 Å². The minimum Gasteiger partial charge on any atom is -0.294 e. The van der Waals surface area contributed by atoms with E-state index in [-0.39, 0.29) is 12.2 Å². The first kappa shape index (κ1) is 15.4. The molecule has 0 saturated heterocycles. The molecule has 0 fully saturated rings. The summed E-state index contributed by atoms with van der Waals surface area (Å²) in [5.74, 6) is -0.572. The summed E-state index contributed by atoms with van der Waals surface area (Å²) in [4.78, 5) is 12.3. The SMILES string of the molecule is CCc1nn(C)c(CC(=O)c2cc(F)cc(Br)c2)c1Br. The van der Waals surface area contributed by atoms with Crippen LogP contribution < -0.4 is 0 Å². The number of benzene rings is 1. The molecule has 2 rings (SSSR count). The standard InChI is InChI=1S/C14H13Br2FN2O/c1-3-11-14(16)12(19(2)18-11)7-13(20)8-4-9(15)6-10(17)5-8/h4-6H,3,7H2,1-2H3. The smallest absolute Gasteiger partial charge is 0.168 e. The lowest BCUT2D eigenvalue weighted by Gasteiger charge is -2.04. The molecule has 0 amide bonds. The molecule has 2 aromatic rings. The Morgan fingerprint density at radius 2 is 2.05 bits per heavy atom. The maximum Gasteiger partial charge on any atom is 0.168 e. The van der Waals surface area contributed by atoms with Crippen LogP contribution in [0.4, 0.5) is 4.39 Å². The van der Waals surface area contributed by atoms with Gasteiger partial charge in [-0.05, 0) is 40.5 Å². The minimum absolute atomic E-state index is 0.142. The number of aromatic nitrogens is 2. The number of nitrogens with zero attached hydrogens (tertiary/aromatic N) is 2. The zero-order chi connectivity index (χ0) is 14.9. The van der Waals surface area contributed by atoms with Gasteiger partial charge in [-0.3, -0.25) is 9.48 Å². The van der Waals surface area contributed by atoms with Crippen LogP contribution in [0.15, 0.2) is 27.1 Å². The van der Waals surface area contributed by atoms with Gasteiger partial charge in [-0.15, -0.1) is 0 Å². The average Bonchev–Trinajstić information content (AvgIpc) is 2.65. The van der Waals surface area contributed by atoms with Gasteiger partial charge in [-0.25, -0.2) is 4.39 Å². The number of carbonyl (C=O) groups is 1. The predicted octanol–water partition coefficient (Wildman–Crippen LogP) is 4.07. The number of ketones is 1. The largest absolute Gasteiger partial charge is 0.294 e. The number of Topliss-reactive ketones (excluding diaryl/α,β-unsaturated/α-hetero) is 1. The van der Waals surface area contributed by atoms with Gasteiger partial charge < -0.3 is 0 Å². The van der Waals surface area contributed by atoms with Gasteiger partial charge in [0.15, 0.2) is 5.78 Å². The molecule has 0 unspecified atom stereocenters. The van der Waals surface area contributed by atoms with Gasteiger partial charge in [0.25, 0.3) is 0 Å². The summed E-state index contributed by atoms with van der Waals surface area (Å²) < 4.78 is 16.4. The maximum absolute atomic E-state index is 13.3. The number of rotatable bonds is 4. The Morgan fingerprint density at radius 3 is 2.60 bits per heavy atom. The van der Waals surface area contributed by atoms with Crippen molar-refractivity contribution in [1.29, 1.82) is 0 Å². The molecule has 106 valence electrons. The number of halogens is 3. The maximum atomic E-state index is 13.3. The van der Waals surface area contributed by atoms with E-state index in [1.54, 1.807) is 17.8 Å². The van der Waals surface area contributed by atoms with Crippen molar-refractivity contribution in [2.45, 2.75) is 19.8 Å². The average molecular weight is 404 g/mol. The Kier molecular flexibility index (Phi) is 4.75. The van der Waals surface area contributed by atoms with Crippen LogP contribution in [-0.2, 0) is 19.9 Å². The lowest BCUT2D eigenvalue weighted by atomic mass is 10.1. The fourth-order valence-electron chi connectivity index (χ4n) is 1.98.